The topological polar surface area (TPSA) is 99.0 Å². The number of benzene rings is 2. The molecule has 2 heterocycles. The Bertz CT molecular complexity index is 1050. The van der Waals surface area contributed by atoms with Crippen molar-refractivity contribution in [1.29, 1.82) is 0 Å². The minimum atomic E-state index is -0.615. The van der Waals surface area contributed by atoms with Gasteiger partial charge in [0.25, 0.3) is 5.91 Å². The van der Waals surface area contributed by atoms with Crippen LogP contribution in [0.3, 0.4) is 0 Å². The highest BCUT2D eigenvalue weighted by molar-refractivity contribution is 6.32. The van der Waals surface area contributed by atoms with Crippen molar-refractivity contribution in [1.82, 2.24) is 10.9 Å². The number of hydrogen-bond donors (Lipinski definition) is 2. The molecular weight excluding hydrogens is 400 g/mol. The molecule has 9 heteroatoms. The van der Waals surface area contributed by atoms with E-state index in [2.05, 4.69) is 10.9 Å². The average Bonchev–Trinajstić information content (AvgIpc) is 3.40. The smallest absolute Gasteiger partial charge is 0.305 e. The lowest BCUT2D eigenvalue weighted by molar-refractivity contribution is 0.0828. The van der Waals surface area contributed by atoms with Crippen molar-refractivity contribution in [3.8, 4) is 17.2 Å². The summed E-state index contributed by atoms with van der Waals surface area (Å²) in [6.07, 6.45) is 0. The number of hydrazine groups is 1. The summed E-state index contributed by atoms with van der Waals surface area (Å²) in [7, 11) is 0. The van der Waals surface area contributed by atoms with Crippen molar-refractivity contribution in [2.24, 2.45) is 0 Å². The summed E-state index contributed by atoms with van der Waals surface area (Å²) in [6.45, 7) is 0.199. The van der Waals surface area contributed by atoms with Gasteiger partial charge in [-0.15, -0.1) is 0 Å². The Labute approximate surface area is 170 Å². The van der Waals surface area contributed by atoms with E-state index in [9.17, 15) is 9.59 Å². The summed E-state index contributed by atoms with van der Waals surface area (Å²) in [4.78, 5) is 24.5. The predicted molar refractivity (Wildman–Crippen MR) is 102 cm³/mol. The number of halogens is 1. The van der Waals surface area contributed by atoms with Gasteiger partial charge in [-0.1, -0.05) is 29.8 Å². The van der Waals surface area contributed by atoms with Gasteiger partial charge >= 0.3 is 5.91 Å². The Morgan fingerprint density at radius 2 is 1.79 bits per heavy atom. The number of nitrogens with one attached hydrogen (secondary N) is 2. The Kier molecular flexibility index (Phi) is 5.26. The normalized spacial score (nSPS) is 11.8. The molecule has 2 N–H and O–H groups in total. The SMILES string of the molecule is O=C(NNC(=O)c1ccc(COc2ccccc2)o1)c1cc(Cl)c2c(c1)OCO2. The first-order valence-corrected chi connectivity index (χ1v) is 8.94. The molecule has 1 aliphatic heterocycles. The fraction of sp³-hybridized carbons (Fsp3) is 0.100. The Morgan fingerprint density at radius 3 is 2.62 bits per heavy atom. The molecule has 0 aliphatic carbocycles. The van der Waals surface area contributed by atoms with Gasteiger partial charge in [0.05, 0.1) is 5.02 Å². The maximum absolute atomic E-state index is 12.3. The van der Waals surface area contributed by atoms with Crippen molar-refractivity contribution >= 4 is 23.4 Å². The molecule has 1 aromatic heterocycles. The van der Waals surface area contributed by atoms with E-state index in [1.165, 1.54) is 18.2 Å². The number of carbonyl (C=O) groups is 2. The molecule has 0 radical (unpaired) electrons. The fourth-order valence-corrected chi connectivity index (χ4v) is 2.86. The molecule has 0 unspecified atom stereocenters. The third-order valence-electron chi connectivity index (χ3n) is 3.99. The van der Waals surface area contributed by atoms with Gasteiger partial charge in [-0.2, -0.15) is 0 Å². The van der Waals surface area contributed by atoms with Crippen molar-refractivity contribution in [3.63, 3.8) is 0 Å². The molecule has 0 saturated heterocycles. The van der Waals surface area contributed by atoms with Crippen LogP contribution in [-0.4, -0.2) is 18.6 Å². The lowest BCUT2D eigenvalue weighted by atomic mass is 10.2. The van der Waals surface area contributed by atoms with Crippen LogP contribution in [0.2, 0.25) is 5.02 Å². The van der Waals surface area contributed by atoms with Gasteiger partial charge < -0.3 is 18.6 Å². The highest BCUT2D eigenvalue weighted by atomic mass is 35.5. The van der Waals surface area contributed by atoms with Crippen molar-refractivity contribution in [2.45, 2.75) is 6.61 Å². The van der Waals surface area contributed by atoms with Crippen LogP contribution in [0.15, 0.2) is 59.0 Å². The first kappa shape index (κ1) is 18.7. The quantitative estimate of drug-likeness (QED) is 0.621. The minimum absolute atomic E-state index is 0.0284. The van der Waals surface area contributed by atoms with Gasteiger partial charge in [0, 0.05) is 5.56 Å². The van der Waals surface area contributed by atoms with E-state index in [0.29, 0.717) is 23.0 Å². The van der Waals surface area contributed by atoms with E-state index in [1.807, 2.05) is 30.3 Å². The molecule has 0 fully saturated rings. The number of ether oxygens (including phenoxy) is 3. The number of carbonyl (C=O) groups excluding carboxylic acids is 2. The zero-order chi connectivity index (χ0) is 20.2. The van der Waals surface area contributed by atoms with Crippen LogP contribution in [0.1, 0.15) is 26.7 Å². The highest BCUT2D eigenvalue weighted by Gasteiger charge is 2.21. The van der Waals surface area contributed by atoms with E-state index in [0.717, 1.165) is 0 Å². The van der Waals surface area contributed by atoms with Crippen LogP contribution in [0, 0.1) is 0 Å². The van der Waals surface area contributed by atoms with Gasteiger partial charge in [-0.3, -0.25) is 20.4 Å². The van der Waals surface area contributed by atoms with Crippen LogP contribution in [0.5, 0.6) is 17.2 Å². The van der Waals surface area contributed by atoms with E-state index in [-0.39, 0.29) is 29.7 Å². The van der Waals surface area contributed by atoms with Crippen molar-refractivity contribution in [3.05, 3.63) is 76.7 Å². The zero-order valence-corrected chi connectivity index (χ0v) is 15.7. The second-order valence-corrected chi connectivity index (χ2v) is 6.37. The lowest BCUT2D eigenvalue weighted by Gasteiger charge is -2.07. The van der Waals surface area contributed by atoms with Gasteiger partial charge in [0.1, 0.15) is 18.1 Å². The van der Waals surface area contributed by atoms with Crippen molar-refractivity contribution in [2.75, 3.05) is 6.79 Å². The van der Waals surface area contributed by atoms with E-state index >= 15 is 0 Å². The summed E-state index contributed by atoms with van der Waals surface area (Å²) >= 11 is 6.06. The lowest BCUT2D eigenvalue weighted by Crippen LogP contribution is -2.41. The average molecular weight is 415 g/mol. The first-order chi connectivity index (χ1) is 14.1. The summed E-state index contributed by atoms with van der Waals surface area (Å²) in [5.41, 5.74) is 4.79. The molecule has 2 amide bonds. The molecule has 0 saturated carbocycles. The van der Waals surface area contributed by atoms with Crippen molar-refractivity contribution < 1.29 is 28.2 Å². The molecule has 3 aromatic rings. The first-order valence-electron chi connectivity index (χ1n) is 8.56. The van der Waals surface area contributed by atoms with Crippen LogP contribution in [0.25, 0.3) is 0 Å². The third-order valence-corrected chi connectivity index (χ3v) is 4.27. The number of amides is 2. The van der Waals surface area contributed by atoms with Gasteiger partial charge in [0.15, 0.2) is 17.3 Å². The summed E-state index contributed by atoms with van der Waals surface area (Å²) < 4.78 is 21.4. The number of hydrogen-bond acceptors (Lipinski definition) is 6. The Hall–Kier alpha value is -3.65. The monoisotopic (exact) mass is 414 g/mol. The van der Waals surface area contributed by atoms with Gasteiger partial charge in [-0.05, 0) is 36.4 Å². The molecule has 0 atom stereocenters. The maximum Gasteiger partial charge on any atom is 0.305 e. The summed E-state index contributed by atoms with van der Waals surface area (Å²) in [6, 6.07) is 15.2. The van der Waals surface area contributed by atoms with Crippen LogP contribution in [-0.2, 0) is 6.61 Å². The molecule has 4 rings (SSSR count). The van der Waals surface area contributed by atoms with Gasteiger partial charge in [-0.25, -0.2) is 0 Å². The Balaban J connectivity index is 1.32. The molecule has 0 spiro atoms. The second kappa shape index (κ2) is 8.15. The summed E-state index contributed by atoms with van der Waals surface area (Å²) in [5.74, 6) is 0.739. The Morgan fingerprint density at radius 1 is 1.00 bits per heavy atom. The standard InChI is InChI=1S/C20H15ClN2O6/c21-15-8-12(9-17-18(15)28-11-27-17)19(24)22-23-20(25)16-7-6-14(29-16)10-26-13-4-2-1-3-5-13/h1-9H,10-11H2,(H,22,24)(H,23,25). The summed E-state index contributed by atoms with van der Waals surface area (Å²) in [5, 5.41) is 0.241. The van der Waals surface area contributed by atoms with Crippen LogP contribution in [0.4, 0.5) is 0 Å². The van der Waals surface area contributed by atoms with E-state index in [4.69, 9.17) is 30.2 Å². The number of furan rings is 1. The third kappa shape index (κ3) is 4.27. The second-order valence-electron chi connectivity index (χ2n) is 5.97. The molecule has 2 aromatic carbocycles. The van der Waals surface area contributed by atoms with E-state index < -0.39 is 11.8 Å². The van der Waals surface area contributed by atoms with Gasteiger partial charge in [0.2, 0.25) is 6.79 Å². The van der Waals surface area contributed by atoms with Crippen LogP contribution >= 0.6 is 11.6 Å². The van der Waals surface area contributed by atoms with E-state index in [1.54, 1.807) is 6.07 Å². The molecular formula is C20H15ClN2O6. The fourth-order valence-electron chi connectivity index (χ4n) is 2.59. The molecule has 8 nitrogen and oxygen atoms in total. The minimum Gasteiger partial charge on any atom is -0.486 e. The number of rotatable bonds is 5. The molecule has 29 heavy (non-hydrogen) atoms. The largest absolute Gasteiger partial charge is 0.486 e. The zero-order valence-electron chi connectivity index (χ0n) is 14.9. The highest BCUT2D eigenvalue weighted by Crippen LogP contribution is 2.39. The number of para-hydroxylation sites is 1. The molecule has 148 valence electrons. The maximum atomic E-state index is 12.3. The predicted octanol–water partition coefficient (Wildman–Crippen LogP) is 3.32. The van der Waals surface area contributed by atoms with Crippen LogP contribution < -0.4 is 25.1 Å². The number of fused-ring (bicyclic) bond motifs is 1. The molecule has 1 aliphatic rings. The molecule has 0 bridgehead atoms.